The third kappa shape index (κ3) is 57.2. The molecule has 0 saturated heterocycles. The molecule has 74 heavy (non-hydrogen) atoms. The van der Waals surface area contributed by atoms with E-state index < -0.39 is 32.5 Å². The first-order valence-corrected chi connectivity index (χ1v) is 30.1. The van der Waals surface area contributed by atoms with E-state index in [-0.39, 0.29) is 26.1 Å². The highest BCUT2D eigenvalue weighted by Gasteiger charge is 2.27. The van der Waals surface area contributed by atoms with Gasteiger partial charge in [0.2, 0.25) is 0 Å². The number of carbonyl (C=O) groups excluding carboxylic acids is 2. The Morgan fingerprint density at radius 1 is 0.419 bits per heavy atom. The van der Waals surface area contributed by atoms with Crippen molar-refractivity contribution in [3.63, 3.8) is 0 Å². The van der Waals surface area contributed by atoms with E-state index in [1.165, 1.54) is 44.9 Å². The van der Waals surface area contributed by atoms with Crippen LogP contribution in [0.25, 0.3) is 0 Å². The van der Waals surface area contributed by atoms with Crippen molar-refractivity contribution in [1.29, 1.82) is 0 Å². The normalized spacial score (nSPS) is 14.4. The van der Waals surface area contributed by atoms with Gasteiger partial charge in [0.1, 0.15) is 19.8 Å². The molecule has 0 amide bonds. The molecule has 0 spiro atoms. The summed E-state index contributed by atoms with van der Waals surface area (Å²) in [6, 6.07) is 0. The van der Waals surface area contributed by atoms with Gasteiger partial charge in [-0.05, 0) is 109 Å². The number of likely N-dealkylation sites (N-methyl/N-ethyl adjacent to an activating group) is 1. The number of carbonyl (C=O) groups is 2. The van der Waals surface area contributed by atoms with Crippen molar-refractivity contribution in [1.82, 2.24) is 0 Å². The van der Waals surface area contributed by atoms with E-state index >= 15 is 0 Å². The van der Waals surface area contributed by atoms with Crippen LogP contribution >= 0.6 is 7.82 Å². The van der Waals surface area contributed by atoms with E-state index in [4.69, 9.17) is 18.5 Å². The van der Waals surface area contributed by atoms with Gasteiger partial charge in [0.05, 0.1) is 27.7 Å². The molecule has 0 bridgehead atoms. The van der Waals surface area contributed by atoms with Crippen molar-refractivity contribution in [3.05, 3.63) is 146 Å². The zero-order valence-electron chi connectivity index (χ0n) is 47.3. The highest BCUT2D eigenvalue weighted by Crippen LogP contribution is 2.43. The van der Waals surface area contributed by atoms with Crippen LogP contribution in [0.2, 0.25) is 0 Å². The summed E-state index contributed by atoms with van der Waals surface area (Å²) in [5.41, 5.74) is 0. The Hall–Kier alpha value is -4.11. The van der Waals surface area contributed by atoms with Gasteiger partial charge in [-0.3, -0.25) is 18.6 Å². The smallest absolute Gasteiger partial charge is 0.462 e. The summed E-state index contributed by atoms with van der Waals surface area (Å²) in [4.78, 5) is 35.6. The molecule has 1 N–H and O–H groups in total. The molecule has 2 atom stereocenters. The Bertz CT molecular complexity index is 1760. The summed E-state index contributed by atoms with van der Waals surface area (Å²) in [5, 5.41) is 0. The molecular weight excluding hydrogens is 942 g/mol. The second kappa shape index (κ2) is 53.7. The van der Waals surface area contributed by atoms with Crippen LogP contribution < -0.4 is 0 Å². The topological polar surface area (TPSA) is 108 Å². The fraction of sp³-hybridized carbons (Fsp3) is 0.594. The average Bonchev–Trinajstić information content (AvgIpc) is 3.36. The molecule has 0 rings (SSSR count). The largest absolute Gasteiger partial charge is 0.472 e. The maximum atomic E-state index is 12.8. The molecular formula is C64H105NO8P+. The number of allylic oxidation sites excluding steroid dienone is 24. The average molecular weight is 1050 g/mol. The Kier molecular flexibility index (Phi) is 50.7. The molecule has 9 nitrogen and oxygen atoms in total. The van der Waals surface area contributed by atoms with Crippen molar-refractivity contribution in [2.75, 3.05) is 47.5 Å². The van der Waals surface area contributed by atoms with Crippen LogP contribution in [0.15, 0.2) is 146 Å². The van der Waals surface area contributed by atoms with Crippen LogP contribution in [-0.2, 0) is 32.7 Å². The Labute approximate surface area is 453 Å². The summed E-state index contributed by atoms with van der Waals surface area (Å²) in [7, 11) is 1.42. The third-order valence-electron chi connectivity index (χ3n) is 11.4. The standard InChI is InChI=1S/C64H104NO8P/c1-6-8-10-12-14-16-18-20-22-24-25-26-27-28-29-30-31-32-33-34-35-36-37-38-39-41-43-45-47-49-51-53-55-57-64(67)73-62(61-72-74(68,69)71-59-58-65(3,4)5)60-70-63(66)56-54-52-50-48-46-44-42-40-23-21-19-17-15-13-11-9-7-2/h8-11,14-17,20-23,25-26,28-29,31-32,34-35,42,44,48,50,62H,6-7,12-13,18-19,24,27,30,33,36-41,43,45-47,49,51-61H2,1-5H3/p+1/b10-8-,11-9-,16-14-,17-15-,22-20-,23-21-,26-25-,29-28-,32-31-,35-34-,44-42-,50-48-. The minimum absolute atomic E-state index is 0.0142. The Morgan fingerprint density at radius 3 is 1.12 bits per heavy atom. The summed E-state index contributed by atoms with van der Waals surface area (Å²) >= 11 is 0. The number of rotatable bonds is 50. The molecule has 0 aromatic carbocycles. The lowest BCUT2D eigenvalue weighted by Gasteiger charge is -2.24. The number of hydrogen-bond acceptors (Lipinski definition) is 7. The zero-order valence-corrected chi connectivity index (χ0v) is 48.2. The molecule has 0 aliphatic heterocycles. The number of unbranched alkanes of at least 4 members (excludes halogenated alkanes) is 12. The van der Waals surface area contributed by atoms with E-state index in [0.717, 1.165) is 109 Å². The van der Waals surface area contributed by atoms with Crippen molar-refractivity contribution < 1.29 is 42.1 Å². The number of quaternary nitrogens is 1. The Morgan fingerprint density at radius 2 is 0.743 bits per heavy atom. The number of ether oxygens (including phenoxy) is 2. The van der Waals surface area contributed by atoms with Crippen molar-refractivity contribution in [2.45, 2.75) is 200 Å². The minimum atomic E-state index is -4.41. The zero-order chi connectivity index (χ0) is 54.2. The van der Waals surface area contributed by atoms with Crippen molar-refractivity contribution >= 4 is 19.8 Å². The number of phosphoric ester groups is 1. The molecule has 0 saturated carbocycles. The maximum absolute atomic E-state index is 12.8. The maximum Gasteiger partial charge on any atom is 0.472 e. The SMILES string of the molecule is CC/C=C\C/C=C\C/C=C\C/C=C\C/C=C\C/C=C\C/C=C\CCCCCCCCCCCCCC(=O)OC(COC(=O)CCC/C=C\C/C=C\C/C=C\C/C=C\C/C=C\CC)COP(=O)(O)OCC[N+](C)(C)C. The van der Waals surface area contributed by atoms with Crippen LogP contribution in [0, 0.1) is 0 Å². The second-order valence-corrected chi connectivity index (χ2v) is 21.0. The van der Waals surface area contributed by atoms with Gasteiger partial charge in [0, 0.05) is 12.8 Å². The van der Waals surface area contributed by atoms with Gasteiger partial charge in [0.15, 0.2) is 6.10 Å². The number of phosphoric acid groups is 1. The van der Waals surface area contributed by atoms with E-state index in [1.807, 2.05) is 21.1 Å². The van der Waals surface area contributed by atoms with Crippen molar-refractivity contribution in [3.8, 4) is 0 Å². The summed E-state index contributed by atoms with van der Waals surface area (Å²) in [6.07, 6.45) is 79.3. The van der Waals surface area contributed by atoms with Gasteiger partial charge in [0.25, 0.3) is 0 Å². The lowest BCUT2D eigenvalue weighted by Crippen LogP contribution is -2.37. The predicted molar refractivity (Wildman–Crippen MR) is 316 cm³/mol. The van der Waals surface area contributed by atoms with Gasteiger partial charge in [-0.2, -0.15) is 0 Å². The first-order chi connectivity index (χ1) is 36.0. The number of esters is 2. The van der Waals surface area contributed by atoms with Crippen LogP contribution in [0.5, 0.6) is 0 Å². The fourth-order valence-electron chi connectivity index (χ4n) is 7.03. The first-order valence-electron chi connectivity index (χ1n) is 28.6. The monoisotopic (exact) mass is 1050 g/mol. The highest BCUT2D eigenvalue weighted by molar-refractivity contribution is 7.47. The molecule has 2 unspecified atom stereocenters. The van der Waals surface area contributed by atoms with Crippen LogP contribution in [0.1, 0.15) is 194 Å². The summed E-state index contributed by atoms with van der Waals surface area (Å²) < 4.78 is 34.4. The van der Waals surface area contributed by atoms with E-state index in [1.54, 1.807) is 0 Å². The lowest BCUT2D eigenvalue weighted by molar-refractivity contribution is -0.870. The van der Waals surface area contributed by atoms with E-state index in [2.05, 4.69) is 160 Å². The molecule has 418 valence electrons. The molecule has 0 fully saturated rings. The molecule has 10 heteroatoms. The van der Waals surface area contributed by atoms with E-state index in [0.29, 0.717) is 23.9 Å². The van der Waals surface area contributed by atoms with Gasteiger partial charge in [-0.1, -0.05) is 217 Å². The Balaban J connectivity index is 4.22. The third-order valence-corrected chi connectivity index (χ3v) is 12.3. The molecule has 0 aromatic rings. The second-order valence-electron chi connectivity index (χ2n) is 19.6. The molecule has 0 heterocycles. The fourth-order valence-corrected chi connectivity index (χ4v) is 7.77. The quantitative estimate of drug-likeness (QED) is 0.0211. The lowest BCUT2D eigenvalue weighted by atomic mass is 10.0. The molecule has 0 aliphatic rings. The van der Waals surface area contributed by atoms with Crippen LogP contribution in [0.4, 0.5) is 0 Å². The van der Waals surface area contributed by atoms with Crippen LogP contribution in [0.3, 0.4) is 0 Å². The van der Waals surface area contributed by atoms with Gasteiger partial charge < -0.3 is 18.9 Å². The summed E-state index contributed by atoms with van der Waals surface area (Å²) in [5.74, 6) is -0.881. The summed E-state index contributed by atoms with van der Waals surface area (Å²) in [6.45, 7) is 4.11. The molecule has 0 aromatic heterocycles. The van der Waals surface area contributed by atoms with Gasteiger partial charge in [-0.15, -0.1) is 0 Å². The number of nitrogens with zero attached hydrogens (tertiary/aromatic N) is 1. The predicted octanol–water partition coefficient (Wildman–Crippen LogP) is 17.9. The van der Waals surface area contributed by atoms with E-state index in [9.17, 15) is 19.0 Å². The molecule has 0 aliphatic carbocycles. The first kappa shape index (κ1) is 69.9. The minimum Gasteiger partial charge on any atom is -0.462 e. The molecule has 0 radical (unpaired) electrons. The highest BCUT2D eigenvalue weighted by atomic mass is 31.2. The van der Waals surface area contributed by atoms with Gasteiger partial charge >= 0.3 is 19.8 Å². The number of hydrogen-bond donors (Lipinski definition) is 1. The van der Waals surface area contributed by atoms with Crippen LogP contribution in [-0.4, -0.2) is 74.9 Å². The van der Waals surface area contributed by atoms with Crippen molar-refractivity contribution in [2.24, 2.45) is 0 Å². The van der Waals surface area contributed by atoms with Gasteiger partial charge in [-0.25, -0.2) is 4.57 Å².